The number of hydrogen-bond donors (Lipinski definition) is 2. The number of para-hydroxylation sites is 1. The van der Waals surface area contributed by atoms with E-state index in [4.69, 9.17) is 0 Å². The molecular formula is C22H26N4O4. The average molecular weight is 410 g/mol. The Morgan fingerprint density at radius 1 is 1.10 bits per heavy atom. The monoisotopic (exact) mass is 410 g/mol. The van der Waals surface area contributed by atoms with Crippen LogP contribution in [0, 0.1) is 10.1 Å². The lowest BCUT2D eigenvalue weighted by Crippen LogP contribution is -2.56. The molecule has 0 bridgehead atoms. The number of hydrogen-bond acceptors (Lipinski definition) is 6. The first kappa shape index (κ1) is 20.3. The first-order chi connectivity index (χ1) is 14.4. The Morgan fingerprint density at radius 3 is 2.43 bits per heavy atom. The van der Waals surface area contributed by atoms with Crippen molar-refractivity contribution in [3.8, 4) is 0 Å². The fourth-order valence-electron chi connectivity index (χ4n) is 4.60. The first-order valence-electron chi connectivity index (χ1n) is 10.2. The average Bonchev–Trinajstić information content (AvgIpc) is 2.74. The Morgan fingerprint density at radius 2 is 1.80 bits per heavy atom. The summed E-state index contributed by atoms with van der Waals surface area (Å²) in [5.74, 6) is -0.342. The number of anilines is 2. The van der Waals surface area contributed by atoms with Crippen LogP contribution >= 0.6 is 0 Å². The van der Waals surface area contributed by atoms with Gasteiger partial charge in [0.25, 0.3) is 5.69 Å². The number of piperazine rings is 1. The number of nitrogens with one attached hydrogen (secondary N) is 1. The number of amides is 1. The molecule has 4 rings (SSSR count). The third-order valence-corrected chi connectivity index (χ3v) is 6.08. The molecule has 1 aliphatic heterocycles. The second kappa shape index (κ2) is 8.41. The van der Waals surface area contributed by atoms with Crippen molar-refractivity contribution >= 4 is 23.0 Å². The number of fused-ring (bicyclic) bond motifs is 1. The van der Waals surface area contributed by atoms with Gasteiger partial charge in [0.05, 0.1) is 11.0 Å². The van der Waals surface area contributed by atoms with Gasteiger partial charge in [-0.2, -0.15) is 0 Å². The molecule has 0 unspecified atom stereocenters. The summed E-state index contributed by atoms with van der Waals surface area (Å²) in [7, 11) is 0. The SMILES string of the molecule is CC(=O)Nc1c([N+](=O)[O-])ccc2c1C[C@H](N1CCN(c3ccccc3)CC1)[C@@H](O)C2. The van der Waals surface area contributed by atoms with Crippen LogP contribution in [0.1, 0.15) is 18.1 Å². The number of aliphatic hydroxyl groups excluding tert-OH is 1. The lowest BCUT2D eigenvalue weighted by Gasteiger charge is -2.44. The maximum Gasteiger partial charge on any atom is 0.293 e. The van der Waals surface area contributed by atoms with Gasteiger partial charge in [0.2, 0.25) is 5.91 Å². The van der Waals surface area contributed by atoms with Crippen LogP contribution in [0.25, 0.3) is 0 Å². The number of carbonyl (C=O) groups is 1. The second-order valence-corrected chi connectivity index (χ2v) is 7.94. The molecule has 0 radical (unpaired) electrons. The normalized spacial score (nSPS) is 21.7. The van der Waals surface area contributed by atoms with Gasteiger partial charge in [0.1, 0.15) is 5.69 Å². The molecule has 2 aromatic carbocycles. The summed E-state index contributed by atoms with van der Waals surface area (Å²) in [4.78, 5) is 27.3. The van der Waals surface area contributed by atoms with E-state index in [0.29, 0.717) is 12.8 Å². The molecule has 2 aliphatic rings. The van der Waals surface area contributed by atoms with Gasteiger partial charge in [-0.1, -0.05) is 24.3 Å². The maximum atomic E-state index is 11.7. The lowest BCUT2D eigenvalue weighted by molar-refractivity contribution is -0.384. The predicted molar refractivity (Wildman–Crippen MR) is 115 cm³/mol. The van der Waals surface area contributed by atoms with E-state index in [9.17, 15) is 20.0 Å². The van der Waals surface area contributed by atoms with Crippen molar-refractivity contribution in [3.63, 3.8) is 0 Å². The highest BCUT2D eigenvalue weighted by molar-refractivity contribution is 5.93. The molecular weight excluding hydrogens is 384 g/mol. The summed E-state index contributed by atoms with van der Waals surface area (Å²) in [5.41, 5.74) is 2.98. The zero-order chi connectivity index (χ0) is 21.3. The zero-order valence-electron chi connectivity index (χ0n) is 17.0. The summed E-state index contributed by atoms with van der Waals surface area (Å²) in [6.45, 7) is 4.66. The van der Waals surface area contributed by atoms with E-state index < -0.39 is 11.0 Å². The quantitative estimate of drug-likeness (QED) is 0.592. The van der Waals surface area contributed by atoms with Crippen LogP contribution in [0.3, 0.4) is 0 Å². The van der Waals surface area contributed by atoms with E-state index in [-0.39, 0.29) is 23.3 Å². The van der Waals surface area contributed by atoms with Crippen LogP contribution < -0.4 is 10.2 Å². The van der Waals surface area contributed by atoms with Crippen molar-refractivity contribution in [1.29, 1.82) is 0 Å². The van der Waals surface area contributed by atoms with Gasteiger partial charge in [0.15, 0.2) is 0 Å². The number of nitrogens with zero attached hydrogens (tertiary/aromatic N) is 3. The highest BCUT2D eigenvalue weighted by Gasteiger charge is 2.36. The third-order valence-electron chi connectivity index (χ3n) is 6.08. The molecule has 2 atom stereocenters. The standard InChI is InChI=1S/C22H26N4O4/c1-15(27)23-22-18-14-20(21(28)13-16(18)7-8-19(22)26(29)30)25-11-9-24(10-12-25)17-5-3-2-4-6-17/h2-8,20-21,28H,9-14H2,1H3,(H,23,27)/t20-,21-/m0/s1. The minimum Gasteiger partial charge on any atom is -0.391 e. The highest BCUT2D eigenvalue weighted by Crippen LogP contribution is 2.37. The summed E-state index contributed by atoms with van der Waals surface area (Å²) in [6.07, 6.45) is 0.343. The van der Waals surface area contributed by atoms with Crippen molar-refractivity contribution in [1.82, 2.24) is 4.90 Å². The topological polar surface area (TPSA) is 98.9 Å². The van der Waals surface area contributed by atoms with Gasteiger partial charge in [-0.25, -0.2) is 0 Å². The largest absolute Gasteiger partial charge is 0.391 e. The maximum absolute atomic E-state index is 11.7. The van der Waals surface area contributed by atoms with E-state index in [0.717, 1.165) is 37.3 Å². The van der Waals surface area contributed by atoms with Gasteiger partial charge in [-0.3, -0.25) is 19.8 Å². The molecule has 8 nitrogen and oxygen atoms in total. The van der Waals surface area contributed by atoms with Crippen molar-refractivity contribution < 1.29 is 14.8 Å². The molecule has 1 heterocycles. The van der Waals surface area contributed by atoms with Crippen LogP contribution in [0.15, 0.2) is 42.5 Å². The fraction of sp³-hybridized carbons (Fsp3) is 0.409. The Labute approximate surface area is 175 Å². The summed E-state index contributed by atoms with van der Waals surface area (Å²) >= 11 is 0. The molecule has 1 aliphatic carbocycles. The lowest BCUT2D eigenvalue weighted by atomic mass is 9.83. The minimum absolute atomic E-state index is 0.104. The van der Waals surface area contributed by atoms with Crippen molar-refractivity contribution in [2.24, 2.45) is 0 Å². The molecule has 2 aromatic rings. The molecule has 1 amide bonds. The van der Waals surface area contributed by atoms with E-state index in [2.05, 4.69) is 27.2 Å². The van der Waals surface area contributed by atoms with E-state index >= 15 is 0 Å². The minimum atomic E-state index is -0.549. The summed E-state index contributed by atoms with van der Waals surface area (Å²) in [6, 6.07) is 13.2. The smallest absolute Gasteiger partial charge is 0.293 e. The van der Waals surface area contributed by atoms with Gasteiger partial charge < -0.3 is 15.3 Å². The predicted octanol–water partition coefficient (Wildman–Crippen LogP) is 2.20. The number of rotatable bonds is 4. The first-order valence-corrected chi connectivity index (χ1v) is 10.2. The van der Waals surface area contributed by atoms with Crippen molar-refractivity contribution in [3.05, 3.63) is 63.7 Å². The van der Waals surface area contributed by atoms with Gasteiger partial charge >= 0.3 is 0 Å². The Bertz CT molecular complexity index is 942. The number of nitro benzene ring substituents is 1. The summed E-state index contributed by atoms with van der Waals surface area (Å²) in [5, 5.41) is 25.0. The highest BCUT2D eigenvalue weighted by atomic mass is 16.6. The third kappa shape index (κ3) is 4.01. The van der Waals surface area contributed by atoms with Gasteiger partial charge in [-0.15, -0.1) is 0 Å². The Kier molecular flexibility index (Phi) is 5.69. The molecule has 1 saturated heterocycles. The molecule has 0 aromatic heterocycles. The van der Waals surface area contributed by atoms with E-state index in [1.54, 1.807) is 6.07 Å². The van der Waals surface area contributed by atoms with Crippen LogP contribution in [0.4, 0.5) is 17.1 Å². The van der Waals surface area contributed by atoms with Crippen LogP contribution in [0.2, 0.25) is 0 Å². The number of aliphatic hydroxyl groups is 1. The van der Waals surface area contributed by atoms with Crippen molar-refractivity contribution in [2.45, 2.75) is 31.9 Å². The van der Waals surface area contributed by atoms with E-state index in [1.807, 2.05) is 18.2 Å². The van der Waals surface area contributed by atoms with Gasteiger partial charge in [-0.05, 0) is 29.7 Å². The molecule has 0 spiro atoms. The second-order valence-electron chi connectivity index (χ2n) is 7.94. The zero-order valence-corrected chi connectivity index (χ0v) is 17.0. The van der Waals surface area contributed by atoms with Crippen LogP contribution in [0.5, 0.6) is 0 Å². The van der Waals surface area contributed by atoms with Crippen LogP contribution in [-0.2, 0) is 17.6 Å². The number of benzene rings is 2. The molecule has 158 valence electrons. The van der Waals surface area contributed by atoms with Crippen LogP contribution in [-0.4, -0.2) is 59.2 Å². The van der Waals surface area contributed by atoms with Gasteiger partial charge in [0, 0.05) is 57.3 Å². The van der Waals surface area contributed by atoms with Crippen molar-refractivity contribution in [2.75, 3.05) is 36.4 Å². The molecule has 30 heavy (non-hydrogen) atoms. The Hall–Kier alpha value is -2.97. The number of carbonyl (C=O) groups excluding carboxylic acids is 1. The Balaban J connectivity index is 1.55. The van der Waals surface area contributed by atoms with E-state index in [1.165, 1.54) is 18.7 Å². The fourth-order valence-corrected chi connectivity index (χ4v) is 4.60. The summed E-state index contributed by atoms with van der Waals surface area (Å²) < 4.78 is 0. The molecule has 8 heteroatoms. The molecule has 0 saturated carbocycles. The number of nitro groups is 1. The molecule has 1 fully saturated rings. The molecule has 2 N–H and O–H groups in total.